The van der Waals surface area contributed by atoms with E-state index >= 15 is 0 Å². The molecule has 4 fully saturated rings. The SMILES string of the molecule is CC(C)NC(C)C.C[C@@H]1O[C@@H](OC[C@H]2O[C@@H](Oc3c(-c4ccc(O)c(O)c4)oc4cc(O)cc(O)c4c3=O)[C@H](O)[C@@H](O)[C@@H]2O)[C@H](O)[C@H](O)[C@H]1O.C[C@@H]1O[C@@H](OC[C@H]2O[C@@H](Oc3c(-c4ccc(OCCO)c(OCCO)c4)oc4cc(OCCO)cc(O)c4c3=O)[C@H](O)[C@@H](O)[C@@H]2O)[C@H](O)[C@H](O)[C@H]1O.O=C(O)C(Cl)Cl.O=c1c(O)c(-c2ccc(O)c(O)c2)oc2cc(O)cc(O)c12. The van der Waals surface area contributed by atoms with Gasteiger partial charge in [-0.05, 0) is 68.4 Å². The van der Waals surface area contributed by atoms with Gasteiger partial charge in [0.05, 0.1) is 45.2 Å². The summed E-state index contributed by atoms with van der Waals surface area (Å²) in [6.07, 6.45) is -32.4. The van der Waals surface area contributed by atoms with Crippen LogP contribution in [-0.4, -0.2) is 331 Å². The van der Waals surface area contributed by atoms with Crippen LogP contribution in [0.1, 0.15) is 41.5 Å². The van der Waals surface area contributed by atoms with Gasteiger partial charge >= 0.3 is 5.97 Å². The van der Waals surface area contributed by atoms with Gasteiger partial charge in [-0.25, -0.2) is 4.79 Å². The second-order valence-electron chi connectivity index (χ2n) is 30.0. The maximum Gasteiger partial charge on any atom is 0.337 e. The number of carbonyl (C=O) groups is 1. The van der Waals surface area contributed by atoms with Crippen molar-refractivity contribution < 1.29 is 203 Å². The van der Waals surface area contributed by atoms with E-state index in [0.717, 1.165) is 54.6 Å². The van der Waals surface area contributed by atoms with Gasteiger partial charge < -0.3 is 203 Å². The molecule has 4 saturated heterocycles. The third-order valence-corrected chi connectivity index (χ3v) is 20.0. The van der Waals surface area contributed by atoms with E-state index in [9.17, 15) is 147 Å². The van der Waals surface area contributed by atoms with Crippen molar-refractivity contribution >= 4 is 62.1 Å². The Kier molecular flexibility index (Phi) is 35.8. The lowest BCUT2D eigenvalue weighted by molar-refractivity contribution is -0.318. The van der Waals surface area contributed by atoms with Crippen LogP contribution in [0.5, 0.6) is 86.2 Å². The summed E-state index contributed by atoms with van der Waals surface area (Å²) in [4.78, 5) is 48.0. The number of aliphatic carboxylic acids is 1. The molecule has 20 atom stereocenters. The van der Waals surface area contributed by atoms with Gasteiger partial charge in [-0.15, -0.1) is 0 Å². The Morgan fingerprint density at radius 3 is 1.15 bits per heavy atom. The summed E-state index contributed by atoms with van der Waals surface area (Å²) in [6, 6.07) is 18.7. The molecule has 13 rings (SSSR count). The van der Waals surface area contributed by atoms with E-state index in [0.29, 0.717) is 12.1 Å². The van der Waals surface area contributed by atoms with Gasteiger partial charge in [-0.3, -0.25) is 14.4 Å². The fourth-order valence-corrected chi connectivity index (χ4v) is 13.2. The van der Waals surface area contributed by atoms with Gasteiger partial charge in [0.2, 0.25) is 51.0 Å². The van der Waals surface area contributed by atoms with Crippen molar-refractivity contribution in [1.82, 2.24) is 5.32 Å². The van der Waals surface area contributed by atoms with E-state index in [-0.39, 0.29) is 124 Å². The zero-order chi connectivity index (χ0) is 96.0. The minimum absolute atomic E-state index is 0.0313. The lowest BCUT2D eigenvalue weighted by Gasteiger charge is -2.42. The lowest BCUT2D eigenvalue weighted by atomic mass is 9.98. The number of carboxylic acids is 1. The van der Waals surface area contributed by atoms with Gasteiger partial charge in [0.15, 0.2) is 64.4 Å². The number of hydrogen-bond donors (Lipinski definition) is 27. The molecule has 7 heterocycles. The first-order valence-corrected chi connectivity index (χ1v) is 40.3. The van der Waals surface area contributed by atoms with Gasteiger partial charge in [0.25, 0.3) is 0 Å². The number of aliphatic hydroxyl groups is 15. The molecule has 0 bridgehead atoms. The predicted molar refractivity (Wildman–Crippen MR) is 446 cm³/mol. The Morgan fingerprint density at radius 2 is 0.746 bits per heavy atom. The van der Waals surface area contributed by atoms with Gasteiger partial charge in [-0.1, -0.05) is 50.9 Å². The number of benzene rings is 6. The molecule has 9 aromatic rings. The van der Waals surface area contributed by atoms with E-state index in [4.69, 9.17) is 93.7 Å². The molecule has 27 N–H and O–H groups in total. The Morgan fingerprint density at radius 1 is 0.392 bits per heavy atom. The standard InChI is InChI=1S/C33H42O19.C27H30O16.C15H10O7.C6H15N.C2H2Cl2O2/c1-14-23(38)26(41)28(43)32(49-14)48-13-21-24(39)27(42)29(44)33(51-21)52-31-25(40)22-17(37)11-16(45-7-4-34)12-20(22)50-30(31)15-2-3-18(46-8-5-35)19(10-15)47-9-6-36;1-8-17(32)20(35)22(37)26(40-8)39-7-15-18(33)21(36)23(38)27(42-15)43-25-19(34)16-13(31)5-10(28)6-14(16)41-24(25)9-2-3-11(29)12(30)4-9;16-7-4-10(19)12-11(5-7)22-15(14(21)13(12)20)6-1-2-8(17)9(18)3-6;1-5(2)7-6(3)4;3-1(4)2(5)6/h2-3,10-12,14,21,23-24,26-29,32-39,41-44H,4-9,13H2,1H3;2-6,8,15,17-18,20-23,26-33,35-38H,7H2,1H3;1-5,16-19,21H;5-7H,1-4H3;1H,(H,5,6)/t14-,21+,23-,24+,26+,27-,28+,29+,32+,33-;8-,15+,17-,18+,20+,21-,22+,23+,26+,27-;;;/m00.../s1. The van der Waals surface area contributed by atoms with Crippen molar-refractivity contribution in [3.8, 4) is 120 Å². The van der Waals surface area contributed by atoms with Crippen LogP contribution in [0.15, 0.2) is 119 Å². The van der Waals surface area contributed by atoms with Crippen molar-refractivity contribution in [1.29, 1.82) is 0 Å². The second kappa shape index (κ2) is 45.3. The van der Waals surface area contributed by atoms with Crippen molar-refractivity contribution in [3.05, 3.63) is 122 Å². The van der Waals surface area contributed by atoms with Crippen LogP contribution >= 0.6 is 23.2 Å². The molecule has 4 aliphatic heterocycles. The topological polar surface area (TPSA) is 747 Å². The van der Waals surface area contributed by atoms with Crippen LogP contribution < -0.4 is 45.3 Å². The van der Waals surface area contributed by atoms with Crippen molar-refractivity contribution in [3.63, 3.8) is 0 Å². The van der Waals surface area contributed by atoms with E-state index < -0.39 is 232 Å². The first kappa shape index (κ1) is 103. The summed E-state index contributed by atoms with van der Waals surface area (Å²) in [5, 5.41) is 261. The van der Waals surface area contributed by atoms with Gasteiger partial charge in [-0.2, -0.15) is 0 Å². The van der Waals surface area contributed by atoms with E-state index in [1.807, 2.05) is 0 Å². The maximum atomic E-state index is 14.1. The minimum Gasteiger partial charge on any atom is -0.508 e. The van der Waals surface area contributed by atoms with E-state index in [1.165, 1.54) is 50.2 Å². The summed E-state index contributed by atoms with van der Waals surface area (Å²) in [7, 11) is 0. The highest BCUT2D eigenvalue weighted by atomic mass is 35.5. The molecule has 3 aromatic heterocycles. The molecule has 714 valence electrons. The average Bonchev–Trinajstić information content (AvgIpc) is 0.738. The molecule has 45 nitrogen and oxygen atoms in total. The molecule has 0 amide bonds. The van der Waals surface area contributed by atoms with Crippen LogP contribution in [0.25, 0.3) is 66.9 Å². The predicted octanol–water partition coefficient (Wildman–Crippen LogP) is -0.122. The van der Waals surface area contributed by atoms with Crippen molar-refractivity contribution in [2.75, 3.05) is 52.9 Å². The molecule has 47 heteroatoms. The number of ether oxygens (including phenoxy) is 11. The largest absolute Gasteiger partial charge is 0.508 e. The number of hydrogen-bond acceptors (Lipinski definition) is 44. The summed E-state index contributed by atoms with van der Waals surface area (Å²) in [5.41, 5.74) is -3.32. The number of carboxylic acid groups (broad SMARTS) is 1. The number of aliphatic hydroxyl groups excluding tert-OH is 15. The molecule has 0 unspecified atom stereocenters. The third-order valence-electron chi connectivity index (χ3n) is 19.6. The number of phenolic OH excluding ortho intramolecular Hbond substituents is 9. The number of rotatable bonds is 25. The molecular formula is C83H99Cl2NO44. The Bertz CT molecular complexity index is 5510. The average molecular weight is 1890 g/mol. The maximum absolute atomic E-state index is 14.1. The minimum atomic E-state index is -1.98. The summed E-state index contributed by atoms with van der Waals surface area (Å²) >= 11 is 9.56. The van der Waals surface area contributed by atoms with Crippen LogP contribution in [0.2, 0.25) is 0 Å². The number of fused-ring (bicyclic) bond motifs is 3. The molecule has 4 aliphatic rings. The van der Waals surface area contributed by atoms with Gasteiger partial charge in [0, 0.05) is 65.2 Å². The Hall–Kier alpha value is -10.9. The molecule has 0 radical (unpaired) electrons. The number of aromatic hydroxyl groups is 10. The number of alkyl halides is 2. The second-order valence-corrected chi connectivity index (χ2v) is 31.1. The lowest BCUT2D eigenvalue weighted by Crippen LogP contribution is -2.61. The number of nitrogens with one attached hydrogen (secondary N) is 1. The van der Waals surface area contributed by atoms with Crippen LogP contribution in [0, 0.1) is 0 Å². The molecule has 0 saturated carbocycles. The first-order chi connectivity index (χ1) is 61.3. The van der Waals surface area contributed by atoms with Crippen LogP contribution in [-0.2, 0) is 33.2 Å². The monoisotopic (exact) mass is 1880 g/mol. The fourth-order valence-electron chi connectivity index (χ4n) is 13.2. The van der Waals surface area contributed by atoms with E-state index in [2.05, 4.69) is 33.0 Å². The Labute approximate surface area is 743 Å². The quantitative estimate of drug-likeness (QED) is 0.0262. The van der Waals surface area contributed by atoms with Crippen molar-refractivity contribution in [2.45, 2.75) is 181 Å². The number of halogens is 2. The first-order valence-electron chi connectivity index (χ1n) is 39.4. The zero-order valence-electron chi connectivity index (χ0n) is 69.3. The molecule has 130 heavy (non-hydrogen) atoms. The van der Waals surface area contributed by atoms with Crippen molar-refractivity contribution in [2.24, 2.45) is 0 Å². The normalized spacial score (nSPS) is 25.5. The molecule has 0 spiro atoms. The third kappa shape index (κ3) is 24.5. The summed E-state index contributed by atoms with van der Waals surface area (Å²) in [6.45, 7) is 8.78. The summed E-state index contributed by atoms with van der Waals surface area (Å²) < 4.78 is 78.3. The smallest absolute Gasteiger partial charge is 0.337 e. The highest BCUT2D eigenvalue weighted by molar-refractivity contribution is 6.52. The fraction of sp³-hybridized carbons (Fsp3) is 0.446. The molecule has 0 aliphatic carbocycles. The molecular weight excluding hydrogens is 1790 g/mol. The Balaban J connectivity index is 0.000000217. The molecule has 6 aromatic carbocycles. The van der Waals surface area contributed by atoms with Crippen LogP contribution in [0.4, 0.5) is 0 Å². The summed E-state index contributed by atoms with van der Waals surface area (Å²) in [5.74, 6) is -8.57. The number of phenols is 9. The highest BCUT2D eigenvalue weighted by Crippen LogP contribution is 2.45. The van der Waals surface area contributed by atoms with Crippen LogP contribution in [0.3, 0.4) is 0 Å². The van der Waals surface area contributed by atoms with Gasteiger partial charge in [0.1, 0.15) is 173 Å². The zero-order valence-corrected chi connectivity index (χ0v) is 70.8. The highest BCUT2D eigenvalue weighted by Gasteiger charge is 2.51. The van der Waals surface area contributed by atoms with E-state index in [1.54, 1.807) is 0 Å².